The Hall–Kier alpha value is -0.770. The number of rotatable bonds is 4. The van der Waals surface area contributed by atoms with E-state index in [9.17, 15) is 4.79 Å². The van der Waals surface area contributed by atoms with Crippen LogP contribution in [-0.2, 0) is 4.79 Å². The summed E-state index contributed by atoms with van der Waals surface area (Å²) in [6.07, 6.45) is 3.66. The van der Waals surface area contributed by atoms with Crippen LogP contribution in [-0.4, -0.2) is 22.9 Å². The molecule has 1 rings (SSSR count). The lowest BCUT2D eigenvalue weighted by Crippen LogP contribution is -2.24. The van der Waals surface area contributed by atoms with E-state index in [4.69, 9.17) is 0 Å². The van der Waals surface area contributed by atoms with Gasteiger partial charge >= 0.3 is 0 Å². The highest BCUT2D eigenvalue weighted by molar-refractivity contribution is 8.15. The molecule has 0 saturated carbocycles. The van der Waals surface area contributed by atoms with Crippen LogP contribution in [0.2, 0.25) is 0 Å². The van der Waals surface area contributed by atoms with Crippen LogP contribution in [0.1, 0.15) is 19.8 Å². The average molecular weight is 198 g/mol. The number of carbonyl (C=O) groups is 1. The Morgan fingerprint density at radius 1 is 1.77 bits per heavy atom. The number of nitrogens with one attached hydrogen (secondary N) is 1. The largest absolute Gasteiger partial charge is 0.304 e. The second-order valence-electron chi connectivity index (χ2n) is 2.82. The zero-order chi connectivity index (χ0) is 9.68. The van der Waals surface area contributed by atoms with Gasteiger partial charge in [-0.15, -0.1) is 6.58 Å². The number of nitrogens with zero attached hydrogens (tertiary/aromatic N) is 1. The molecule has 0 bridgehead atoms. The highest BCUT2D eigenvalue weighted by Gasteiger charge is 2.28. The minimum absolute atomic E-state index is 0.0635. The maximum atomic E-state index is 11.3. The van der Waals surface area contributed by atoms with Gasteiger partial charge in [0.15, 0.2) is 5.17 Å². The summed E-state index contributed by atoms with van der Waals surface area (Å²) in [4.78, 5) is 15.5. The van der Waals surface area contributed by atoms with Crippen LogP contribution in [0, 0.1) is 0 Å². The molecule has 0 aromatic carbocycles. The van der Waals surface area contributed by atoms with Gasteiger partial charge in [-0.25, -0.2) is 0 Å². The van der Waals surface area contributed by atoms with E-state index in [-0.39, 0.29) is 11.2 Å². The molecule has 72 valence electrons. The molecular weight excluding hydrogens is 184 g/mol. The first kappa shape index (κ1) is 10.3. The lowest BCUT2D eigenvalue weighted by atomic mass is 10.2. The van der Waals surface area contributed by atoms with Crippen LogP contribution in [0.5, 0.6) is 0 Å². The number of carbonyl (C=O) groups excluding carboxylic acids is 1. The van der Waals surface area contributed by atoms with Gasteiger partial charge in [0.05, 0.1) is 11.8 Å². The van der Waals surface area contributed by atoms with Crippen LogP contribution in [0.3, 0.4) is 0 Å². The number of aliphatic imine (C=N–C) groups is 1. The topological polar surface area (TPSA) is 41.5 Å². The van der Waals surface area contributed by atoms with Gasteiger partial charge in [-0.1, -0.05) is 31.2 Å². The van der Waals surface area contributed by atoms with Crippen molar-refractivity contribution in [1.29, 1.82) is 0 Å². The molecule has 0 aromatic heterocycles. The van der Waals surface area contributed by atoms with Crippen molar-refractivity contribution in [2.75, 3.05) is 6.54 Å². The predicted molar refractivity (Wildman–Crippen MR) is 56.9 cm³/mol. The summed E-state index contributed by atoms with van der Waals surface area (Å²) in [6, 6.07) is 0. The molecule has 0 aliphatic carbocycles. The Bertz CT molecular complexity index is 238. The Morgan fingerprint density at radius 2 is 2.54 bits per heavy atom. The summed E-state index contributed by atoms with van der Waals surface area (Å²) >= 11 is 1.52. The third kappa shape index (κ3) is 2.88. The highest BCUT2D eigenvalue weighted by atomic mass is 32.2. The van der Waals surface area contributed by atoms with Crippen molar-refractivity contribution < 1.29 is 4.79 Å². The molecular formula is C9H14N2OS. The Kier molecular flexibility index (Phi) is 4.02. The molecule has 4 heteroatoms. The van der Waals surface area contributed by atoms with Crippen molar-refractivity contribution in [1.82, 2.24) is 5.32 Å². The smallest absolute Gasteiger partial charge is 0.239 e. The molecule has 1 fully saturated rings. The molecule has 1 saturated heterocycles. The molecule has 1 heterocycles. The fourth-order valence-corrected chi connectivity index (χ4v) is 2.18. The van der Waals surface area contributed by atoms with Gasteiger partial charge in [0.2, 0.25) is 5.91 Å². The number of thioether (sulfide) groups is 1. The average Bonchev–Trinajstić information content (AvgIpc) is 2.45. The lowest BCUT2D eigenvalue weighted by molar-refractivity contribution is -0.118. The van der Waals surface area contributed by atoms with Crippen LogP contribution in [0.15, 0.2) is 17.6 Å². The third-order valence-electron chi connectivity index (χ3n) is 1.69. The Balaban J connectivity index is 2.49. The summed E-state index contributed by atoms with van der Waals surface area (Å²) in [7, 11) is 0. The minimum atomic E-state index is 0.0635. The van der Waals surface area contributed by atoms with Crippen molar-refractivity contribution in [3.8, 4) is 0 Å². The van der Waals surface area contributed by atoms with Gasteiger partial charge in [-0.3, -0.25) is 9.79 Å². The van der Waals surface area contributed by atoms with Gasteiger partial charge in [-0.2, -0.15) is 0 Å². The van der Waals surface area contributed by atoms with Gasteiger partial charge in [0, 0.05) is 0 Å². The van der Waals surface area contributed by atoms with Crippen molar-refractivity contribution in [2.24, 2.45) is 4.99 Å². The monoisotopic (exact) mass is 198 g/mol. The first-order chi connectivity index (χ1) is 6.27. The van der Waals surface area contributed by atoms with Crippen LogP contribution in [0.4, 0.5) is 0 Å². The Labute approximate surface area is 82.7 Å². The van der Waals surface area contributed by atoms with E-state index < -0.39 is 0 Å². The summed E-state index contributed by atoms with van der Waals surface area (Å²) in [6.45, 7) is 6.21. The zero-order valence-electron chi connectivity index (χ0n) is 7.75. The summed E-state index contributed by atoms with van der Waals surface area (Å²) < 4.78 is 0. The van der Waals surface area contributed by atoms with E-state index in [1.54, 1.807) is 6.08 Å². The van der Waals surface area contributed by atoms with Crippen LogP contribution >= 0.6 is 11.8 Å². The molecule has 0 spiro atoms. The first-order valence-corrected chi connectivity index (χ1v) is 5.28. The number of hydrogen-bond acceptors (Lipinski definition) is 3. The predicted octanol–water partition coefficient (Wildman–Crippen LogP) is 1.56. The summed E-state index contributed by atoms with van der Waals surface area (Å²) in [5.41, 5.74) is 0. The number of amides is 1. The van der Waals surface area contributed by atoms with Crippen molar-refractivity contribution in [3.05, 3.63) is 12.7 Å². The number of amidine groups is 1. The SMILES string of the molecule is C=CCN=C1NC(=O)C(CCC)S1. The first-order valence-electron chi connectivity index (χ1n) is 4.40. The third-order valence-corrected chi connectivity index (χ3v) is 2.88. The minimum Gasteiger partial charge on any atom is -0.304 e. The van der Waals surface area contributed by atoms with E-state index in [1.165, 1.54) is 11.8 Å². The van der Waals surface area contributed by atoms with Crippen molar-refractivity contribution in [2.45, 2.75) is 25.0 Å². The van der Waals surface area contributed by atoms with Gasteiger partial charge in [0.1, 0.15) is 0 Å². The van der Waals surface area contributed by atoms with Gasteiger partial charge in [0.25, 0.3) is 0 Å². The second kappa shape index (κ2) is 5.07. The van der Waals surface area contributed by atoms with E-state index >= 15 is 0 Å². The van der Waals surface area contributed by atoms with Gasteiger partial charge in [-0.05, 0) is 6.42 Å². The van der Waals surface area contributed by atoms with Crippen LogP contribution in [0.25, 0.3) is 0 Å². The lowest BCUT2D eigenvalue weighted by Gasteiger charge is -1.99. The quantitative estimate of drug-likeness (QED) is 0.696. The fraction of sp³-hybridized carbons (Fsp3) is 0.556. The summed E-state index contributed by atoms with van der Waals surface area (Å²) in [5.74, 6) is 0.0923. The fourth-order valence-electron chi connectivity index (χ4n) is 1.08. The molecule has 3 nitrogen and oxygen atoms in total. The molecule has 0 aromatic rings. The standard InChI is InChI=1S/C9H14N2OS/c1-3-5-7-8(12)11-9(13-7)10-6-4-2/h4,7H,2-3,5-6H2,1H3,(H,10,11,12). The highest BCUT2D eigenvalue weighted by Crippen LogP contribution is 2.23. The van der Waals surface area contributed by atoms with E-state index in [0.29, 0.717) is 6.54 Å². The second-order valence-corrected chi connectivity index (χ2v) is 4.01. The molecule has 1 aliphatic heterocycles. The number of hydrogen-bond donors (Lipinski definition) is 1. The van der Waals surface area contributed by atoms with E-state index in [2.05, 4.69) is 23.8 Å². The maximum absolute atomic E-state index is 11.3. The molecule has 1 N–H and O–H groups in total. The molecule has 0 radical (unpaired) electrons. The molecule has 1 aliphatic rings. The van der Waals surface area contributed by atoms with Crippen LogP contribution < -0.4 is 5.32 Å². The Morgan fingerprint density at radius 3 is 3.15 bits per heavy atom. The molecule has 13 heavy (non-hydrogen) atoms. The normalized spacial score (nSPS) is 24.8. The zero-order valence-corrected chi connectivity index (χ0v) is 8.56. The maximum Gasteiger partial charge on any atom is 0.239 e. The molecule has 1 unspecified atom stereocenters. The summed E-state index contributed by atoms with van der Waals surface area (Å²) in [5, 5.41) is 3.55. The van der Waals surface area contributed by atoms with Crippen molar-refractivity contribution in [3.63, 3.8) is 0 Å². The molecule has 1 atom stereocenters. The molecule has 1 amide bonds. The van der Waals surface area contributed by atoms with Crippen molar-refractivity contribution >= 4 is 22.8 Å². The van der Waals surface area contributed by atoms with Gasteiger partial charge < -0.3 is 5.32 Å². The van der Waals surface area contributed by atoms with E-state index in [0.717, 1.165) is 18.0 Å². The van der Waals surface area contributed by atoms with E-state index in [1.807, 2.05) is 0 Å².